The standard InChI is InChI=1S/C23H27F2N3O5S/c1-22(2)17(21(31)32)28-19(30)16(20(28)34-22)26-18(29)15(13-8-7-12(24)11-14(13)25)27-33-23(3)9-5-4-6-10-23/h7-8,11,16-17,20H,4-6,9-10H2,1-3H3,(H,26,29)(H,31,32)/b27-15-/t16-,17-,20+/m0/s1. The van der Waals surface area contributed by atoms with Crippen molar-refractivity contribution in [3.63, 3.8) is 0 Å². The molecule has 184 valence electrons. The second-order valence-corrected chi connectivity index (χ2v) is 11.5. The first-order valence-electron chi connectivity index (χ1n) is 11.2. The van der Waals surface area contributed by atoms with Crippen LogP contribution < -0.4 is 5.32 Å². The highest BCUT2D eigenvalue weighted by Gasteiger charge is 2.64. The van der Waals surface area contributed by atoms with Gasteiger partial charge in [-0.1, -0.05) is 11.6 Å². The Labute approximate surface area is 200 Å². The van der Waals surface area contributed by atoms with Crippen LogP contribution in [0.5, 0.6) is 0 Å². The summed E-state index contributed by atoms with van der Waals surface area (Å²) >= 11 is 1.27. The number of hydrogen-bond donors (Lipinski definition) is 2. The van der Waals surface area contributed by atoms with Gasteiger partial charge in [0.1, 0.15) is 34.7 Å². The van der Waals surface area contributed by atoms with E-state index in [0.29, 0.717) is 6.07 Å². The number of carbonyl (C=O) groups excluding carboxylic acids is 2. The summed E-state index contributed by atoms with van der Waals surface area (Å²) in [7, 11) is 0. The van der Waals surface area contributed by atoms with E-state index in [1.54, 1.807) is 13.8 Å². The third kappa shape index (κ3) is 4.37. The maximum absolute atomic E-state index is 14.6. The molecule has 2 saturated heterocycles. The number of halogens is 2. The van der Waals surface area contributed by atoms with Crippen molar-refractivity contribution in [1.82, 2.24) is 10.2 Å². The lowest BCUT2D eigenvalue weighted by Crippen LogP contribution is -2.71. The molecule has 0 aromatic heterocycles. The summed E-state index contributed by atoms with van der Waals surface area (Å²) in [5.41, 5.74) is -1.29. The molecule has 2 heterocycles. The Morgan fingerprint density at radius 1 is 1.21 bits per heavy atom. The molecule has 1 aromatic carbocycles. The fourth-order valence-electron chi connectivity index (χ4n) is 4.80. The van der Waals surface area contributed by atoms with Gasteiger partial charge >= 0.3 is 5.97 Å². The number of benzene rings is 1. The fourth-order valence-corrected chi connectivity index (χ4v) is 6.42. The summed E-state index contributed by atoms with van der Waals surface area (Å²) < 4.78 is 27.3. The Morgan fingerprint density at radius 2 is 1.88 bits per heavy atom. The average Bonchev–Trinajstić information content (AvgIpc) is 3.02. The number of β-lactam (4-membered cyclic amide) rings is 1. The quantitative estimate of drug-likeness (QED) is 0.357. The summed E-state index contributed by atoms with van der Waals surface area (Å²) in [6, 6.07) is 0.717. The molecule has 3 fully saturated rings. The Bertz CT molecular complexity index is 1060. The molecule has 1 saturated carbocycles. The van der Waals surface area contributed by atoms with E-state index in [2.05, 4.69) is 10.5 Å². The molecule has 0 spiro atoms. The van der Waals surface area contributed by atoms with Crippen molar-refractivity contribution in [3.8, 4) is 0 Å². The second kappa shape index (κ2) is 8.83. The van der Waals surface area contributed by atoms with Crippen LogP contribution in [0.2, 0.25) is 0 Å². The molecule has 2 N–H and O–H groups in total. The molecule has 0 bridgehead atoms. The second-order valence-electron chi connectivity index (χ2n) is 9.72. The van der Waals surface area contributed by atoms with E-state index in [-0.39, 0.29) is 5.56 Å². The summed E-state index contributed by atoms with van der Waals surface area (Å²) in [6.45, 7) is 5.31. The average molecular weight is 496 g/mol. The van der Waals surface area contributed by atoms with E-state index >= 15 is 0 Å². The van der Waals surface area contributed by atoms with Crippen LogP contribution in [-0.4, -0.2) is 61.3 Å². The van der Waals surface area contributed by atoms with Crippen molar-refractivity contribution < 1.29 is 33.1 Å². The maximum atomic E-state index is 14.6. The van der Waals surface area contributed by atoms with Gasteiger partial charge in [0.25, 0.3) is 5.91 Å². The van der Waals surface area contributed by atoms with Gasteiger partial charge in [0.2, 0.25) is 5.91 Å². The third-order valence-electron chi connectivity index (χ3n) is 6.63. The zero-order valence-electron chi connectivity index (χ0n) is 19.1. The zero-order valence-corrected chi connectivity index (χ0v) is 20.0. The Kier molecular flexibility index (Phi) is 6.34. The SMILES string of the molecule is CC1(O/N=C(\C(=O)N[C@H]2C(=O)N3[C@@H]2SC(C)(C)[C@@H]3C(=O)O)c2ccc(F)cc2F)CCCCC1. The molecule has 3 atom stereocenters. The highest BCUT2D eigenvalue weighted by atomic mass is 32.2. The van der Waals surface area contributed by atoms with Gasteiger partial charge in [0.05, 0.1) is 0 Å². The van der Waals surface area contributed by atoms with Crippen molar-refractivity contribution in [3.05, 3.63) is 35.4 Å². The first kappa shape index (κ1) is 24.4. The molecule has 8 nitrogen and oxygen atoms in total. The van der Waals surface area contributed by atoms with Crippen LogP contribution in [0.4, 0.5) is 8.78 Å². The molecule has 4 rings (SSSR count). The molecule has 0 radical (unpaired) electrons. The normalized spacial score (nSPS) is 27.6. The minimum absolute atomic E-state index is 0.259. The summed E-state index contributed by atoms with van der Waals surface area (Å²) in [4.78, 5) is 44.6. The number of carboxylic acid groups (broad SMARTS) is 1. The number of nitrogens with one attached hydrogen (secondary N) is 1. The van der Waals surface area contributed by atoms with E-state index in [0.717, 1.165) is 44.2 Å². The Balaban J connectivity index is 1.58. The first-order chi connectivity index (χ1) is 15.9. The van der Waals surface area contributed by atoms with Crippen molar-refractivity contribution in [2.24, 2.45) is 5.16 Å². The Hall–Kier alpha value is -2.69. The number of fused-ring (bicyclic) bond motifs is 1. The van der Waals surface area contributed by atoms with Gasteiger partial charge in [-0.25, -0.2) is 13.6 Å². The number of carboxylic acids is 1. The van der Waals surface area contributed by atoms with Crippen LogP contribution in [0.25, 0.3) is 0 Å². The van der Waals surface area contributed by atoms with E-state index in [1.807, 2.05) is 6.92 Å². The molecular weight excluding hydrogens is 468 g/mol. The highest BCUT2D eigenvalue weighted by Crippen LogP contribution is 2.50. The lowest BCUT2D eigenvalue weighted by Gasteiger charge is -2.43. The number of hydrogen-bond acceptors (Lipinski definition) is 6. The minimum Gasteiger partial charge on any atom is -0.480 e. The zero-order chi connectivity index (χ0) is 24.8. The van der Waals surface area contributed by atoms with Crippen molar-refractivity contribution in [2.75, 3.05) is 0 Å². The number of amides is 2. The smallest absolute Gasteiger partial charge is 0.327 e. The number of thioether (sulfide) groups is 1. The van der Waals surface area contributed by atoms with Gasteiger partial charge in [0.15, 0.2) is 5.71 Å². The van der Waals surface area contributed by atoms with E-state index in [4.69, 9.17) is 4.84 Å². The lowest BCUT2D eigenvalue weighted by molar-refractivity contribution is -0.160. The fraction of sp³-hybridized carbons (Fsp3) is 0.565. The molecule has 2 amide bonds. The molecule has 0 unspecified atom stereocenters. The van der Waals surface area contributed by atoms with Gasteiger partial charge in [0, 0.05) is 16.4 Å². The topological polar surface area (TPSA) is 108 Å². The van der Waals surface area contributed by atoms with Crippen LogP contribution in [0.1, 0.15) is 58.4 Å². The predicted molar refractivity (Wildman–Crippen MR) is 121 cm³/mol. The number of carbonyl (C=O) groups is 3. The monoisotopic (exact) mass is 495 g/mol. The number of rotatable bonds is 6. The lowest BCUT2D eigenvalue weighted by atomic mass is 9.87. The van der Waals surface area contributed by atoms with Crippen molar-refractivity contribution >= 4 is 35.3 Å². The first-order valence-corrected chi connectivity index (χ1v) is 12.1. The number of nitrogens with zero attached hydrogens (tertiary/aromatic N) is 2. The van der Waals surface area contributed by atoms with E-state index in [1.165, 1.54) is 16.7 Å². The summed E-state index contributed by atoms with van der Waals surface area (Å²) in [5.74, 6) is -4.32. The van der Waals surface area contributed by atoms with Crippen molar-refractivity contribution in [1.29, 1.82) is 0 Å². The maximum Gasteiger partial charge on any atom is 0.327 e. The molecular formula is C23H27F2N3O5S. The predicted octanol–water partition coefficient (Wildman–Crippen LogP) is 3.04. The summed E-state index contributed by atoms with van der Waals surface area (Å²) in [5, 5.41) is 15.5. The third-order valence-corrected chi connectivity index (χ3v) is 8.20. The highest BCUT2D eigenvalue weighted by molar-refractivity contribution is 8.01. The number of aliphatic carboxylic acids is 1. The summed E-state index contributed by atoms with van der Waals surface area (Å²) in [6.07, 6.45) is 4.37. The Morgan fingerprint density at radius 3 is 2.50 bits per heavy atom. The van der Waals surface area contributed by atoms with Crippen LogP contribution >= 0.6 is 11.8 Å². The van der Waals surface area contributed by atoms with Crippen LogP contribution in [0, 0.1) is 11.6 Å². The van der Waals surface area contributed by atoms with Crippen LogP contribution in [-0.2, 0) is 19.2 Å². The van der Waals surface area contributed by atoms with Crippen LogP contribution in [0.15, 0.2) is 23.4 Å². The molecule has 34 heavy (non-hydrogen) atoms. The van der Waals surface area contributed by atoms with Gasteiger partial charge in [-0.2, -0.15) is 0 Å². The van der Waals surface area contributed by atoms with E-state index in [9.17, 15) is 28.3 Å². The molecule has 2 aliphatic heterocycles. The molecule has 1 aromatic rings. The number of oxime groups is 1. The van der Waals surface area contributed by atoms with Gasteiger partial charge in [-0.15, -0.1) is 11.8 Å². The largest absolute Gasteiger partial charge is 0.480 e. The van der Waals surface area contributed by atoms with E-state index < -0.39 is 62.9 Å². The van der Waals surface area contributed by atoms with Gasteiger partial charge < -0.3 is 20.2 Å². The van der Waals surface area contributed by atoms with Gasteiger partial charge in [-0.3, -0.25) is 9.59 Å². The van der Waals surface area contributed by atoms with Gasteiger partial charge in [-0.05, 0) is 58.6 Å². The molecule has 3 aliphatic rings. The van der Waals surface area contributed by atoms with Crippen molar-refractivity contribution in [2.45, 2.75) is 80.7 Å². The molecule has 1 aliphatic carbocycles. The molecule has 11 heteroatoms. The van der Waals surface area contributed by atoms with Crippen LogP contribution in [0.3, 0.4) is 0 Å². The minimum atomic E-state index is -1.12.